The van der Waals surface area contributed by atoms with E-state index in [2.05, 4.69) is 21.3 Å². The summed E-state index contributed by atoms with van der Waals surface area (Å²) in [6.07, 6.45) is 9.20. The first-order valence-corrected chi connectivity index (χ1v) is 11.2. The molecule has 4 heterocycles. The van der Waals surface area contributed by atoms with E-state index in [0.717, 1.165) is 18.1 Å². The molecule has 9 heteroatoms. The highest BCUT2D eigenvalue weighted by molar-refractivity contribution is 5.86. The number of ether oxygens (including phenoxy) is 1. The maximum Gasteiger partial charge on any atom is 0.182 e. The van der Waals surface area contributed by atoms with Crippen molar-refractivity contribution in [3.05, 3.63) is 65.5 Å². The molecule has 0 radical (unpaired) electrons. The Labute approximate surface area is 188 Å². The van der Waals surface area contributed by atoms with Crippen molar-refractivity contribution in [2.24, 2.45) is 0 Å². The Hall–Kier alpha value is -3.33. The van der Waals surface area contributed by atoms with Gasteiger partial charge in [0.2, 0.25) is 0 Å². The van der Waals surface area contributed by atoms with Crippen LogP contribution >= 0.6 is 0 Å². The van der Waals surface area contributed by atoms with Crippen LogP contribution in [0.25, 0.3) is 22.4 Å². The molecule has 168 valence electrons. The maximum absolute atomic E-state index is 14.7. The number of halogens is 2. The van der Waals surface area contributed by atoms with Crippen LogP contribution in [0, 0.1) is 18.6 Å². The minimum Gasteiger partial charge on any atom is -0.373 e. The standard InChI is InChI=1S/C24H22F2N6O/c1-13-10-27-22-21(18-5-2-16(25)9-19(18)26)30-23(31-24(22)29-13)14-6-7-33-20(8-14)15-11-28-32(12-15)17-3-4-17/h2,5,9-12,14,17,20H,3-4,6-8H2,1H3/t14-,20-/m0/s1. The summed E-state index contributed by atoms with van der Waals surface area (Å²) >= 11 is 0. The van der Waals surface area contributed by atoms with E-state index >= 15 is 0 Å². The summed E-state index contributed by atoms with van der Waals surface area (Å²) in [4.78, 5) is 18.4. The van der Waals surface area contributed by atoms with Crippen LogP contribution in [0.1, 0.15) is 60.8 Å². The zero-order valence-electron chi connectivity index (χ0n) is 18.1. The van der Waals surface area contributed by atoms with E-state index in [0.29, 0.717) is 47.4 Å². The number of aryl methyl sites for hydroxylation is 1. The quantitative estimate of drug-likeness (QED) is 0.445. The van der Waals surface area contributed by atoms with Crippen molar-refractivity contribution < 1.29 is 13.5 Å². The van der Waals surface area contributed by atoms with Gasteiger partial charge >= 0.3 is 0 Å². The lowest BCUT2D eigenvalue weighted by molar-refractivity contribution is 0.00396. The average molecular weight is 448 g/mol. The predicted molar refractivity (Wildman–Crippen MR) is 116 cm³/mol. The topological polar surface area (TPSA) is 78.6 Å². The van der Waals surface area contributed by atoms with Gasteiger partial charge in [-0.2, -0.15) is 5.10 Å². The van der Waals surface area contributed by atoms with Crippen LogP contribution in [0.15, 0.2) is 36.8 Å². The predicted octanol–water partition coefficient (Wildman–Crippen LogP) is 4.84. The Kier molecular flexibility index (Phi) is 4.86. The van der Waals surface area contributed by atoms with E-state index in [9.17, 15) is 8.78 Å². The summed E-state index contributed by atoms with van der Waals surface area (Å²) in [7, 11) is 0. The monoisotopic (exact) mass is 448 g/mol. The Morgan fingerprint density at radius 3 is 2.76 bits per heavy atom. The lowest BCUT2D eigenvalue weighted by Crippen LogP contribution is -2.20. The molecule has 1 saturated carbocycles. The number of hydrogen-bond donors (Lipinski definition) is 0. The van der Waals surface area contributed by atoms with Crippen LogP contribution in [0.5, 0.6) is 0 Å². The summed E-state index contributed by atoms with van der Waals surface area (Å²) in [5.41, 5.74) is 3.05. The molecule has 4 aromatic rings. The van der Waals surface area contributed by atoms with Gasteiger partial charge in [-0.3, -0.25) is 4.68 Å². The molecule has 1 saturated heterocycles. The minimum absolute atomic E-state index is 0.00185. The number of fused-ring (bicyclic) bond motifs is 1. The van der Waals surface area contributed by atoms with Crippen LogP contribution in [-0.2, 0) is 4.74 Å². The molecule has 0 amide bonds. The molecule has 1 aromatic carbocycles. The fraction of sp³-hybridized carbons (Fsp3) is 0.375. The van der Waals surface area contributed by atoms with Gasteiger partial charge in [-0.1, -0.05) is 0 Å². The maximum atomic E-state index is 14.7. The molecule has 0 spiro atoms. The molecule has 1 aliphatic heterocycles. The first-order chi connectivity index (χ1) is 16.0. The zero-order chi connectivity index (χ0) is 22.5. The number of aromatic nitrogens is 6. The van der Waals surface area contributed by atoms with Crippen LogP contribution in [0.2, 0.25) is 0 Å². The van der Waals surface area contributed by atoms with E-state index in [4.69, 9.17) is 14.7 Å². The van der Waals surface area contributed by atoms with E-state index in [1.165, 1.54) is 25.0 Å². The van der Waals surface area contributed by atoms with Crippen molar-refractivity contribution in [3.8, 4) is 11.3 Å². The molecule has 1 aliphatic carbocycles. The van der Waals surface area contributed by atoms with E-state index in [-0.39, 0.29) is 17.6 Å². The second-order valence-electron chi connectivity index (χ2n) is 8.80. The molecule has 33 heavy (non-hydrogen) atoms. The second kappa shape index (κ2) is 7.91. The summed E-state index contributed by atoms with van der Waals surface area (Å²) in [5.74, 6) is -0.762. The normalized spacial score (nSPS) is 20.9. The van der Waals surface area contributed by atoms with Gasteiger partial charge in [-0.25, -0.2) is 28.7 Å². The summed E-state index contributed by atoms with van der Waals surface area (Å²) < 4.78 is 36.3. The molecule has 0 bridgehead atoms. The molecule has 0 N–H and O–H groups in total. The van der Waals surface area contributed by atoms with Crippen molar-refractivity contribution in [1.82, 2.24) is 29.7 Å². The fourth-order valence-corrected chi connectivity index (χ4v) is 4.38. The van der Waals surface area contributed by atoms with Crippen molar-refractivity contribution in [2.45, 2.75) is 50.7 Å². The summed E-state index contributed by atoms with van der Waals surface area (Å²) in [5, 5.41) is 4.49. The van der Waals surface area contributed by atoms with Crippen molar-refractivity contribution in [2.75, 3.05) is 6.61 Å². The van der Waals surface area contributed by atoms with Gasteiger partial charge in [-0.05, 0) is 44.7 Å². The summed E-state index contributed by atoms with van der Waals surface area (Å²) in [6, 6.07) is 3.97. The first kappa shape index (κ1) is 20.3. The molecule has 2 atom stereocenters. The zero-order valence-corrected chi connectivity index (χ0v) is 18.1. The highest BCUT2D eigenvalue weighted by atomic mass is 19.1. The van der Waals surface area contributed by atoms with Crippen LogP contribution in [0.3, 0.4) is 0 Å². The van der Waals surface area contributed by atoms with E-state index in [1.54, 1.807) is 6.20 Å². The molecular formula is C24H22F2N6O. The highest BCUT2D eigenvalue weighted by Crippen LogP contribution is 2.39. The Balaban J connectivity index is 1.39. The average Bonchev–Trinajstić information content (AvgIpc) is 3.54. The molecule has 2 aliphatic rings. The third-order valence-electron chi connectivity index (χ3n) is 6.30. The van der Waals surface area contributed by atoms with E-state index in [1.807, 2.05) is 17.8 Å². The largest absolute Gasteiger partial charge is 0.373 e. The number of rotatable bonds is 4. The highest BCUT2D eigenvalue weighted by Gasteiger charge is 2.31. The molecule has 6 rings (SSSR count). The lowest BCUT2D eigenvalue weighted by Gasteiger charge is -2.28. The van der Waals surface area contributed by atoms with Crippen LogP contribution in [0.4, 0.5) is 8.78 Å². The van der Waals surface area contributed by atoms with Crippen molar-refractivity contribution in [3.63, 3.8) is 0 Å². The molecule has 0 unspecified atom stereocenters. The summed E-state index contributed by atoms with van der Waals surface area (Å²) in [6.45, 7) is 2.39. The SMILES string of the molecule is Cc1cnc2c(-c3ccc(F)cc3F)nc([C@H]3CCO[C@H](c4cnn(C5CC5)c4)C3)nc2n1. The van der Waals surface area contributed by atoms with E-state index < -0.39 is 11.6 Å². The van der Waals surface area contributed by atoms with Crippen LogP contribution in [-0.4, -0.2) is 36.3 Å². The lowest BCUT2D eigenvalue weighted by atomic mass is 9.92. The second-order valence-corrected chi connectivity index (χ2v) is 8.80. The smallest absolute Gasteiger partial charge is 0.182 e. The van der Waals surface area contributed by atoms with Crippen molar-refractivity contribution >= 4 is 11.2 Å². The van der Waals surface area contributed by atoms with Crippen LogP contribution < -0.4 is 0 Å². The van der Waals surface area contributed by atoms with Gasteiger partial charge in [0.05, 0.1) is 24.0 Å². The first-order valence-electron chi connectivity index (χ1n) is 11.2. The fourth-order valence-electron chi connectivity index (χ4n) is 4.38. The van der Waals surface area contributed by atoms with Gasteiger partial charge in [-0.15, -0.1) is 0 Å². The van der Waals surface area contributed by atoms with Gasteiger partial charge in [0.25, 0.3) is 0 Å². The molecule has 7 nitrogen and oxygen atoms in total. The third kappa shape index (κ3) is 3.86. The van der Waals surface area contributed by atoms with Gasteiger partial charge in [0, 0.05) is 42.1 Å². The van der Waals surface area contributed by atoms with Gasteiger partial charge in [0.1, 0.15) is 28.7 Å². The van der Waals surface area contributed by atoms with Gasteiger partial charge < -0.3 is 4.74 Å². The Morgan fingerprint density at radius 1 is 1.06 bits per heavy atom. The number of benzene rings is 1. The minimum atomic E-state index is -0.694. The Morgan fingerprint density at radius 2 is 1.94 bits per heavy atom. The van der Waals surface area contributed by atoms with Gasteiger partial charge in [0.15, 0.2) is 5.65 Å². The van der Waals surface area contributed by atoms with Crippen molar-refractivity contribution in [1.29, 1.82) is 0 Å². The third-order valence-corrected chi connectivity index (χ3v) is 6.30. The molecular weight excluding hydrogens is 426 g/mol. The number of nitrogens with zero attached hydrogens (tertiary/aromatic N) is 6. The Bertz CT molecular complexity index is 1350. The number of hydrogen-bond acceptors (Lipinski definition) is 6. The molecule has 3 aromatic heterocycles. The molecule has 2 fully saturated rings.